The normalized spacial score (nSPS) is 20.0. The van der Waals surface area contributed by atoms with Gasteiger partial charge < -0.3 is 4.90 Å². The van der Waals surface area contributed by atoms with Gasteiger partial charge in [0.25, 0.3) is 0 Å². The van der Waals surface area contributed by atoms with Crippen molar-refractivity contribution in [2.24, 2.45) is 5.92 Å². The fourth-order valence-corrected chi connectivity index (χ4v) is 3.81. The molecule has 1 saturated heterocycles. The molecule has 1 fully saturated rings. The molecule has 2 aromatic carbocycles. The van der Waals surface area contributed by atoms with E-state index < -0.39 is 0 Å². The van der Waals surface area contributed by atoms with Gasteiger partial charge in [-0.05, 0) is 73.0 Å². The van der Waals surface area contributed by atoms with E-state index in [0.29, 0.717) is 5.92 Å². The molecule has 2 aromatic rings. The molecule has 128 valence electrons. The summed E-state index contributed by atoms with van der Waals surface area (Å²) in [4.78, 5) is 2.65. The molecule has 2 atom stereocenters. The van der Waals surface area contributed by atoms with Crippen LogP contribution in [0.4, 0.5) is 0 Å². The van der Waals surface area contributed by atoms with Gasteiger partial charge in [0.15, 0.2) is 0 Å². The minimum absolute atomic E-state index is 0.613. The first-order valence-corrected chi connectivity index (χ1v) is 9.58. The lowest BCUT2D eigenvalue weighted by Crippen LogP contribution is -2.35. The van der Waals surface area contributed by atoms with E-state index in [9.17, 15) is 0 Å². The Morgan fingerprint density at radius 3 is 2.29 bits per heavy atom. The Bertz CT molecular complexity index is 632. The smallest absolute Gasteiger partial charge is 0.0406 e. The molecule has 1 heterocycles. The highest BCUT2D eigenvalue weighted by molar-refractivity contribution is 6.30. The van der Waals surface area contributed by atoms with E-state index in [0.717, 1.165) is 10.9 Å². The maximum Gasteiger partial charge on any atom is 0.0406 e. The Labute approximate surface area is 151 Å². The first kappa shape index (κ1) is 17.5. The second-order valence-corrected chi connectivity index (χ2v) is 7.80. The van der Waals surface area contributed by atoms with Crippen LogP contribution < -0.4 is 0 Å². The van der Waals surface area contributed by atoms with Crippen molar-refractivity contribution in [3.8, 4) is 11.1 Å². The second kappa shape index (κ2) is 8.18. The lowest BCUT2D eigenvalue weighted by molar-refractivity contribution is 0.179. The fraction of sp³-hybridized carbons (Fsp3) is 0.455. The topological polar surface area (TPSA) is 3.24 Å². The minimum atomic E-state index is 0.613. The molecule has 0 N–H and O–H groups in total. The van der Waals surface area contributed by atoms with E-state index in [1.165, 1.54) is 55.6 Å². The summed E-state index contributed by atoms with van der Waals surface area (Å²) in [6, 6.07) is 17.1. The van der Waals surface area contributed by atoms with Crippen LogP contribution in [-0.4, -0.2) is 24.5 Å². The van der Waals surface area contributed by atoms with Crippen molar-refractivity contribution < 1.29 is 0 Å². The highest BCUT2D eigenvalue weighted by Crippen LogP contribution is 2.26. The number of rotatable bonds is 5. The molecule has 24 heavy (non-hydrogen) atoms. The van der Waals surface area contributed by atoms with Gasteiger partial charge in [-0.3, -0.25) is 0 Å². The molecular formula is C22H28ClN. The lowest BCUT2D eigenvalue weighted by Gasteiger charge is -2.31. The molecule has 0 aliphatic carbocycles. The molecule has 2 unspecified atom stereocenters. The van der Waals surface area contributed by atoms with Crippen molar-refractivity contribution in [2.75, 3.05) is 19.6 Å². The van der Waals surface area contributed by atoms with Gasteiger partial charge in [-0.25, -0.2) is 0 Å². The SMILES string of the molecule is CC1CCCN(CCC(C)c2ccc(-c3ccc(Cl)cc3)cc2)C1. The van der Waals surface area contributed by atoms with Crippen LogP contribution >= 0.6 is 11.6 Å². The van der Waals surface area contributed by atoms with Gasteiger partial charge in [-0.15, -0.1) is 0 Å². The number of likely N-dealkylation sites (tertiary alicyclic amines) is 1. The van der Waals surface area contributed by atoms with Gasteiger partial charge in [0.05, 0.1) is 0 Å². The van der Waals surface area contributed by atoms with E-state index in [1.54, 1.807) is 0 Å². The van der Waals surface area contributed by atoms with Gasteiger partial charge in [0, 0.05) is 11.6 Å². The number of piperidine rings is 1. The van der Waals surface area contributed by atoms with Crippen LogP contribution in [-0.2, 0) is 0 Å². The third-order valence-electron chi connectivity index (χ3n) is 5.28. The highest BCUT2D eigenvalue weighted by Gasteiger charge is 2.17. The first-order chi connectivity index (χ1) is 11.6. The molecule has 1 aliphatic rings. The van der Waals surface area contributed by atoms with E-state index in [2.05, 4.69) is 55.1 Å². The van der Waals surface area contributed by atoms with Gasteiger partial charge in [0.2, 0.25) is 0 Å². The summed E-state index contributed by atoms with van der Waals surface area (Å²) in [6.07, 6.45) is 4.01. The summed E-state index contributed by atoms with van der Waals surface area (Å²) in [7, 11) is 0. The summed E-state index contributed by atoms with van der Waals surface area (Å²) in [5.41, 5.74) is 3.92. The molecule has 0 saturated carbocycles. The summed E-state index contributed by atoms with van der Waals surface area (Å²) in [6.45, 7) is 8.52. The van der Waals surface area contributed by atoms with Crippen LogP contribution in [0.15, 0.2) is 48.5 Å². The Balaban J connectivity index is 1.57. The van der Waals surface area contributed by atoms with Crippen LogP contribution in [0.3, 0.4) is 0 Å². The number of benzene rings is 2. The van der Waals surface area contributed by atoms with Crippen LogP contribution in [0.5, 0.6) is 0 Å². The Kier molecular flexibility index (Phi) is 5.97. The average Bonchev–Trinajstić information content (AvgIpc) is 2.61. The second-order valence-electron chi connectivity index (χ2n) is 7.37. The van der Waals surface area contributed by atoms with Gasteiger partial charge >= 0.3 is 0 Å². The van der Waals surface area contributed by atoms with Crippen LogP contribution in [0.25, 0.3) is 11.1 Å². The van der Waals surface area contributed by atoms with E-state index in [4.69, 9.17) is 11.6 Å². The standard InChI is InChI=1S/C22H28ClN/c1-17-4-3-14-24(16-17)15-13-18(2)19-5-7-20(8-6-19)21-9-11-22(23)12-10-21/h5-12,17-18H,3-4,13-16H2,1-2H3. The molecule has 0 aromatic heterocycles. The Morgan fingerprint density at radius 2 is 1.67 bits per heavy atom. The van der Waals surface area contributed by atoms with E-state index in [-0.39, 0.29) is 0 Å². The van der Waals surface area contributed by atoms with Crippen molar-refractivity contribution in [3.63, 3.8) is 0 Å². The van der Waals surface area contributed by atoms with Gasteiger partial charge in [-0.1, -0.05) is 61.8 Å². The molecule has 3 rings (SSSR count). The minimum Gasteiger partial charge on any atom is -0.303 e. The number of halogens is 1. The molecule has 0 radical (unpaired) electrons. The third-order valence-corrected chi connectivity index (χ3v) is 5.53. The molecule has 1 aliphatic heterocycles. The largest absolute Gasteiger partial charge is 0.303 e. The maximum atomic E-state index is 5.97. The Morgan fingerprint density at radius 1 is 1.04 bits per heavy atom. The average molecular weight is 342 g/mol. The fourth-order valence-electron chi connectivity index (χ4n) is 3.68. The Hall–Kier alpha value is -1.31. The summed E-state index contributed by atoms with van der Waals surface area (Å²) < 4.78 is 0. The predicted octanol–water partition coefficient (Wildman–Crippen LogP) is 6.23. The maximum absolute atomic E-state index is 5.97. The third kappa shape index (κ3) is 4.62. The van der Waals surface area contributed by atoms with E-state index >= 15 is 0 Å². The molecular weight excluding hydrogens is 314 g/mol. The highest BCUT2D eigenvalue weighted by atomic mass is 35.5. The summed E-state index contributed by atoms with van der Waals surface area (Å²) in [5.74, 6) is 1.48. The summed E-state index contributed by atoms with van der Waals surface area (Å²) in [5, 5.41) is 0.788. The molecule has 0 bridgehead atoms. The summed E-state index contributed by atoms with van der Waals surface area (Å²) >= 11 is 5.97. The van der Waals surface area contributed by atoms with Crippen LogP contribution in [0.2, 0.25) is 5.02 Å². The van der Waals surface area contributed by atoms with Crippen molar-refractivity contribution in [3.05, 3.63) is 59.1 Å². The zero-order valence-corrected chi connectivity index (χ0v) is 15.6. The monoisotopic (exact) mass is 341 g/mol. The molecule has 0 spiro atoms. The lowest BCUT2D eigenvalue weighted by atomic mass is 9.94. The molecule has 0 amide bonds. The molecule has 2 heteroatoms. The van der Waals surface area contributed by atoms with E-state index in [1.807, 2.05) is 12.1 Å². The van der Waals surface area contributed by atoms with Gasteiger partial charge in [0.1, 0.15) is 0 Å². The quantitative estimate of drug-likeness (QED) is 0.622. The van der Waals surface area contributed by atoms with Gasteiger partial charge in [-0.2, -0.15) is 0 Å². The van der Waals surface area contributed by atoms with Crippen molar-refractivity contribution in [1.82, 2.24) is 4.90 Å². The first-order valence-electron chi connectivity index (χ1n) is 9.20. The van der Waals surface area contributed by atoms with Crippen LogP contribution in [0, 0.1) is 5.92 Å². The zero-order chi connectivity index (χ0) is 16.9. The number of hydrogen-bond acceptors (Lipinski definition) is 1. The predicted molar refractivity (Wildman–Crippen MR) is 105 cm³/mol. The zero-order valence-electron chi connectivity index (χ0n) is 14.8. The van der Waals surface area contributed by atoms with Crippen molar-refractivity contribution >= 4 is 11.6 Å². The van der Waals surface area contributed by atoms with Crippen LogP contribution in [0.1, 0.15) is 44.6 Å². The van der Waals surface area contributed by atoms with Crippen molar-refractivity contribution in [2.45, 2.75) is 39.0 Å². The molecule has 1 nitrogen and oxygen atoms in total. The number of hydrogen-bond donors (Lipinski definition) is 0. The van der Waals surface area contributed by atoms with Crippen molar-refractivity contribution in [1.29, 1.82) is 0 Å². The number of nitrogens with zero attached hydrogens (tertiary/aromatic N) is 1.